The Morgan fingerprint density at radius 2 is 1.62 bits per heavy atom. The summed E-state index contributed by atoms with van der Waals surface area (Å²) in [7, 11) is 0. The second-order valence-corrected chi connectivity index (χ2v) is 9.28. The third-order valence-corrected chi connectivity index (χ3v) is 6.69. The van der Waals surface area contributed by atoms with Crippen LogP contribution in [0.4, 0.5) is 4.39 Å². The molecule has 39 heavy (non-hydrogen) atoms. The Morgan fingerprint density at radius 3 is 2.51 bits per heavy atom. The molecule has 7 heteroatoms. The van der Waals surface area contributed by atoms with Crippen LogP contribution in [-0.2, 0) is 6.61 Å². The molecular weight excluding hydrogens is 489 g/mol. The summed E-state index contributed by atoms with van der Waals surface area (Å²) in [5.41, 5.74) is 8.24. The molecule has 0 bridgehead atoms. The molecule has 4 heterocycles. The fraction of sp³-hybridized carbons (Fsp3) is 0.0312. The second-order valence-electron chi connectivity index (χ2n) is 9.28. The summed E-state index contributed by atoms with van der Waals surface area (Å²) in [6.07, 6.45) is 1.72. The first-order chi connectivity index (χ1) is 19.2. The van der Waals surface area contributed by atoms with E-state index in [0.717, 1.165) is 50.2 Å². The minimum atomic E-state index is -0.299. The van der Waals surface area contributed by atoms with Crippen LogP contribution in [0.3, 0.4) is 0 Å². The monoisotopic (exact) mass is 511 g/mol. The van der Waals surface area contributed by atoms with Gasteiger partial charge in [0.1, 0.15) is 29.4 Å². The number of halogens is 1. The average molecular weight is 512 g/mol. The van der Waals surface area contributed by atoms with E-state index < -0.39 is 0 Å². The van der Waals surface area contributed by atoms with Gasteiger partial charge in [-0.2, -0.15) is 5.10 Å². The van der Waals surface area contributed by atoms with Crippen LogP contribution in [0.2, 0.25) is 0 Å². The lowest BCUT2D eigenvalue weighted by atomic mass is 10.1. The molecule has 0 saturated heterocycles. The van der Waals surface area contributed by atoms with Crippen LogP contribution in [0.15, 0.2) is 109 Å². The fourth-order valence-electron chi connectivity index (χ4n) is 4.78. The Labute approximate surface area is 223 Å². The number of nitrogens with zero attached hydrogens (tertiary/aromatic N) is 3. The second kappa shape index (κ2) is 9.54. The van der Waals surface area contributed by atoms with Crippen LogP contribution in [-0.4, -0.2) is 25.1 Å². The number of aromatic amines is 2. The number of H-pyrrole nitrogens is 2. The van der Waals surface area contributed by atoms with Gasteiger partial charge < -0.3 is 9.72 Å². The smallest absolute Gasteiger partial charge is 0.135 e. The summed E-state index contributed by atoms with van der Waals surface area (Å²) >= 11 is 0. The highest BCUT2D eigenvalue weighted by atomic mass is 19.1. The zero-order chi connectivity index (χ0) is 26.2. The van der Waals surface area contributed by atoms with E-state index in [0.29, 0.717) is 23.6 Å². The van der Waals surface area contributed by atoms with Crippen molar-refractivity contribution in [2.45, 2.75) is 6.61 Å². The summed E-state index contributed by atoms with van der Waals surface area (Å²) in [5, 5.41) is 8.54. The van der Waals surface area contributed by atoms with Gasteiger partial charge in [-0.3, -0.25) is 10.1 Å². The van der Waals surface area contributed by atoms with Crippen LogP contribution >= 0.6 is 0 Å². The van der Waals surface area contributed by atoms with Crippen LogP contribution in [0.1, 0.15) is 5.56 Å². The molecule has 0 aliphatic carbocycles. The van der Waals surface area contributed by atoms with Crippen LogP contribution in [0, 0.1) is 5.82 Å². The predicted molar refractivity (Wildman–Crippen MR) is 151 cm³/mol. The first kappa shape index (κ1) is 22.9. The normalized spacial score (nSPS) is 11.3. The molecule has 0 spiro atoms. The Morgan fingerprint density at radius 1 is 0.744 bits per heavy atom. The SMILES string of the molecule is Fc1cccc(-c2nccc3[nH]c(-c4n[nH]c5ccc(-c6cccc(OCc7ccccc7)c6)nc45)cc23)c1. The van der Waals surface area contributed by atoms with E-state index in [1.807, 2.05) is 84.9 Å². The highest BCUT2D eigenvalue weighted by Crippen LogP contribution is 2.33. The fourth-order valence-corrected chi connectivity index (χ4v) is 4.78. The topological polar surface area (TPSA) is 79.5 Å². The van der Waals surface area contributed by atoms with Crippen molar-refractivity contribution in [3.63, 3.8) is 0 Å². The minimum Gasteiger partial charge on any atom is -0.489 e. The lowest BCUT2D eigenvalue weighted by molar-refractivity contribution is 0.306. The molecule has 6 nitrogen and oxygen atoms in total. The Hall–Kier alpha value is -5.30. The number of aromatic nitrogens is 5. The summed E-state index contributed by atoms with van der Waals surface area (Å²) in [6.45, 7) is 0.496. The van der Waals surface area contributed by atoms with Crippen molar-refractivity contribution in [1.82, 2.24) is 25.1 Å². The summed E-state index contributed by atoms with van der Waals surface area (Å²) < 4.78 is 19.9. The lowest BCUT2D eigenvalue weighted by Gasteiger charge is -2.08. The van der Waals surface area contributed by atoms with Crippen molar-refractivity contribution in [2.24, 2.45) is 0 Å². The van der Waals surface area contributed by atoms with E-state index in [1.54, 1.807) is 12.3 Å². The van der Waals surface area contributed by atoms with Gasteiger partial charge in [0.2, 0.25) is 0 Å². The van der Waals surface area contributed by atoms with Crippen molar-refractivity contribution in [1.29, 1.82) is 0 Å². The number of benzene rings is 3. The molecule has 0 amide bonds. The number of hydrogen-bond acceptors (Lipinski definition) is 4. The van der Waals surface area contributed by atoms with Crippen LogP contribution in [0.5, 0.6) is 5.75 Å². The Kier molecular flexibility index (Phi) is 5.59. The molecule has 0 aliphatic heterocycles. The van der Waals surface area contributed by atoms with Crippen molar-refractivity contribution in [2.75, 3.05) is 0 Å². The number of fused-ring (bicyclic) bond motifs is 2. The highest BCUT2D eigenvalue weighted by Gasteiger charge is 2.16. The maximum absolute atomic E-state index is 13.9. The molecule has 0 atom stereocenters. The molecule has 0 unspecified atom stereocenters. The van der Waals surface area contributed by atoms with Gasteiger partial charge in [0, 0.05) is 28.2 Å². The van der Waals surface area contributed by atoms with E-state index in [-0.39, 0.29) is 5.82 Å². The molecule has 3 aromatic carbocycles. The summed E-state index contributed by atoms with van der Waals surface area (Å²) in [4.78, 5) is 12.9. The van der Waals surface area contributed by atoms with Gasteiger partial charge >= 0.3 is 0 Å². The molecule has 188 valence electrons. The zero-order valence-electron chi connectivity index (χ0n) is 20.7. The first-order valence-corrected chi connectivity index (χ1v) is 12.6. The molecule has 7 aromatic rings. The largest absolute Gasteiger partial charge is 0.489 e. The van der Waals surface area contributed by atoms with Gasteiger partial charge in [-0.15, -0.1) is 0 Å². The maximum atomic E-state index is 13.9. The summed E-state index contributed by atoms with van der Waals surface area (Å²) in [5.74, 6) is 0.477. The van der Waals surface area contributed by atoms with Gasteiger partial charge in [-0.05, 0) is 54.1 Å². The molecule has 0 saturated carbocycles. The molecule has 0 aliphatic rings. The molecule has 0 radical (unpaired) electrons. The third kappa shape index (κ3) is 4.40. The summed E-state index contributed by atoms with van der Waals surface area (Å²) in [6, 6.07) is 32.3. The number of rotatable bonds is 6. The highest BCUT2D eigenvalue weighted by molar-refractivity contribution is 5.99. The van der Waals surface area contributed by atoms with Crippen LogP contribution in [0.25, 0.3) is 55.8 Å². The van der Waals surface area contributed by atoms with Gasteiger partial charge in [0.05, 0.1) is 22.6 Å². The van der Waals surface area contributed by atoms with Gasteiger partial charge in [-0.25, -0.2) is 9.37 Å². The molecule has 7 rings (SSSR count). The number of pyridine rings is 2. The van der Waals surface area contributed by atoms with E-state index >= 15 is 0 Å². The van der Waals surface area contributed by atoms with E-state index in [4.69, 9.17) is 9.72 Å². The maximum Gasteiger partial charge on any atom is 0.135 e. The molecule has 0 fully saturated rings. The predicted octanol–water partition coefficient (Wildman–Crippen LogP) is 7.55. The quantitative estimate of drug-likeness (QED) is 0.242. The number of ether oxygens (including phenoxy) is 1. The van der Waals surface area contributed by atoms with Gasteiger partial charge in [0.15, 0.2) is 0 Å². The number of nitrogens with one attached hydrogen (secondary N) is 2. The standard InChI is InChI=1S/C32H22FN5O/c33-23-10-4-9-22(16-23)30-25-18-29(35-27(25)14-15-34-30)32-31-28(37-38-32)13-12-26(36-31)21-8-5-11-24(17-21)39-19-20-6-2-1-3-7-20/h1-18,35H,19H2,(H,37,38). The molecule has 2 N–H and O–H groups in total. The van der Waals surface area contributed by atoms with Gasteiger partial charge in [-0.1, -0.05) is 54.6 Å². The Balaban J connectivity index is 1.24. The van der Waals surface area contributed by atoms with E-state index in [9.17, 15) is 4.39 Å². The van der Waals surface area contributed by atoms with Crippen molar-refractivity contribution >= 4 is 21.9 Å². The van der Waals surface area contributed by atoms with Crippen molar-refractivity contribution < 1.29 is 9.13 Å². The van der Waals surface area contributed by atoms with Gasteiger partial charge in [0.25, 0.3) is 0 Å². The lowest BCUT2D eigenvalue weighted by Crippen LogP contribution is -1.95. The van der Waals surface area contributed by atoms with Crippen molar-refractivity contribution in [3.05, 3.63) is 121 Å². The van der Waals surface area contributed by atoms with Crippen LogP contribution < -0.4 is 4.74 Å². The minimum absolute atomic E-state index is 0.299. The Bertz CT molecular complexity index is 1940. The van der Waals surface area contributed by atoms with E-state index in [2.05, 4.69) is 20.2 Å². The zero-order valence-corrected chi connectivity index (χ0v) is 20.7. The third-order valence-electron chi connectivity index (χ3n) is 6.69. The molecule has 4 aromatic heterocycles. The van der Waals surface area contributed by atoms with Crippen molar-refractivity contribution in [3.8, 4) is 39.7 Å². The first-order valence-electron chi connectivity index (χ1n) is 12.6. The number of hydrogen-bond donors (Lipinski definition) is 2. The average Bonchev–Trinajstić information content (AvgIpc) is 3.60. The molecular formula is C32H22FN5O. The van der Waals surface area contributed by atoms with E-state index in [1.165, 1.54) is 12.1 Å².